The third-order valence-corrected chi connectivity index (χ3v) is 8.43. The summed E-state index contributed by atoms with van der Waals surface area (Å²) in [6.45, 7) is 1.34. The van der Waals surface area contributed by atoms with Gasteiger partial charge in [-0.1, -0.05) is 55.7 Å². The highest BCUT2D eigenvalue weighted by molar-refractivity contribution is 5.88. The lowest BCUT2D eigenvalue weighted by atomic mass is 9.78. The summed E-state index contributed by atoms with van der Waals surface area (Å²) in [5.41, 5.74) is 7.43. The van der Waals surface area contributed by atoms with Gasteiger partial charge in [0.2, 0.25) is 24.5 Å². The number of nitrogens with two attached hydrogens (primary N) is 1. The average molecular weight is 593 g/mol. The number of rotatable bonds is 17. The van der Waals surface area contributed by atoms with Crippen LogP contribution in [0.25, 0.3) is 0 Å². The minimum Gasteiger partial charge on any atom is -0.454 e. The number of benzene rings is 2. The van der Waals surface area contributed by atoms with E-state index in [1.807, 2.05) is 48.5 Å². The molecule has 1 fully saturated rings. The number of aryl methyl sites for hydroxylation is 1. The number of carbonyl (C=O) groups is 3. The van der Waals surface area contributed by atoms with Gasteiger partial charge in [-0.15, -0.1) is 0 Å². The summed E-state index contributed by atoms with van der Waals surface area (Å²) in [4.78, 5) is 39.5. The molecule has 9 heteroatoms. The average Bonchev–Trinajstić information content (AvgIpc) is 3.48. The molecule has 43 heavy (non-hydrogen) atoms. The number of carbonyl (C=O) groups excluding carboxylic acids is 3. The van der Waals surface area contributed by atoms with Gasteiger partial charge in [-0.25, -0.2) is 0 Å². The van der Waals surface area contributed by atoms with Crippen molar-refractivity contribution in [1.82, 2.24) is 16.0 Å². The molecule has 1 atom stereocenters. The molecule has 9 nitrogen and oxygen atoms in total. The highest BCUT2D eigenvalue weighted by atomic mass is 16.7. The summed E-state index contributed by atoms with van der Waals surface area (Å²) in [6.07, 6.45) is 10.3. The monoisotopic (exact) mass is 592 g/mol. The molecule has 234 valence electrons. The summed E-state index contributed by atoms with van der Waals surface area (Å²) < 4.78 is 10.8. The fourth-order valence-corrected chi connectivity index (χ4v) is 6.02. The first kappa shape index (κ1) is 32.3. The van der Waals surface area contributed by atoms with Crippen LogP contribution in [0.15, 0.2) is 48.5 Å². The van der Waals surface area contributed by atoms with E-state index < -0.39 is 11.6 Å². The van der Waals surface area contributed by atoms with Gasteiger partial charge in [0.05, 0.1) is 0 Å². The van der Waals surface area contributed by atoms with Crippen molar-refractivity contribution in [3.63, 3.8) is 0 Å². The molecule has 1 aliphatic heterocycles. The van der Waals surface area contributed by atoms with Crippen LogP contribution in [0.1, 0.15) is 88.2 Å². The van der Waals surface area contributed by atoms with Crippen LogP contribution in [0.2, 0.25) is 0 Å². The van der Waals surface area contributed by atoms with Crippen molar-refractivity contribution in [2.24, 2.45) is 5.73 Å². The summed E-state index contributed by atoms with van der Waals surface area (Å²) in [6, 6.07) is 15.4. The maximum atomic E-state index is 13.6. The molecule has 1 aliphatic carbocycles. The van der Waals surface area contributed by atoms with Crippen LogP contribution in [0.5, 0.6) is 11.5 Å². The summed E-state index contributed by atoms with van der Waals surface area (Å²) in [7, 11) is 0. The zero-order valence-corrected chi connectivity index (χ0v) is 25.3. The highest BCUT2D eigenvalue weighted by Crippen LogP contribution is 2.33. The maximum Gasteiger partial charge on any atom is 0.243 e. The van der Waals surface area contributed by atoms with Crippen LogP contribution in [-0.2, 0) is 27.2 Å². The van der Waals surface area contributed by atoms with E-state index in [0.29, 0.717) is 32.4 Å². The molecule has 0 bridgehead atoms. The number of fused-ring (bicyclic) bond motifs is 1. The van der Waals surface area contributed by atoms with Crippen LogP contribution in [0.4, 0.5) is 0 Å². The minimum atomic E-state index is -0.646. The van der Waals surface area contributed by atoms with Crippen LogP contribution in [0.3, 0.4) is 0 Å². The Bertz CT molecular complexity index is 1180. The van der Waals surface area contributed by atoms with Crippen molar-refractivity contribution >= 4 is 17.7 Å². The Morgan fingerprint density at radius 3 is 2.42 bits per heavy atom. The van der Waals surface area contributed by atoms with E-state index in [9.17, 15) is 14.4 Å². The van der Waals surface area contributed by atoms with E-state index in [0.717, 1.165) is 81.3 Å². The second-order valence-corrected chi connectivity index (χ2v) is 11.9. The predicted molar refractivity (Wildman–Crippen MR) is 167 cm³/mol. The largest absolute Gasteiger partial charge is 0.454 e. The van der Waals surface area contributed by atoms with E-state index >= 15 is 0 Å². The topological polar surface area (TPSA) is 132 Å². The molecular weight excluding hydrogens is 544 g/mol. The summed E-state index contributed by atoms with van der Waals surface area (Å²) >= 11 is 0. The number of hydrogen-bond donors (Lipinski definition) is 4. The van der Waals surface area contributed by atoms with E-state index in [2.05, 4.69) is 16.0 Å². The Labute approximate surface area is 255 Å². The Hall–Kier alpha value is -3.59. The summed E-state index contributed by atoms with van der Waals surface area (Å²) in [5, 5.41) is 9.28. The van der Waals surface area contributed by atoms with Crippen molar-refractivity contribution in [1.29, 1.82) is 0 Å². The maximum absolute atomic E-state index is 13.6. The predicted octanol–water partition coefficient (Wildman–Crippen LogP) is 4.31. The van der Waals surface area contributed by atoms with Gasteiger partial charge in [-0.3, -0.25) is 14.4 Å². The zero-order valence-electron chi connectivity index (χ0n) is 25.3. The molecule has 0 unspecified atom stereocenters. The Morgan fingerprint density at radius 2 is 1.63 bits per heavy atom. The molecule has 0 aromatic heterocycles. The van der Waals surface area contributed by atoms with Gasteiger partial charge in [-0.05, 0) is 87.6 Å². The van der Waals surface area contributed by atoms with Crippen molar-refractivity contribution in [3.8, 4) is 11.5 Å². The molecule has 2 aromatic carbocycles. The van der Waals surface area contributed by atoms with E-state index in [1.54, 1.807) is 0 Å². The lowest BCUT2D eigenvalue weighted by molar-refractivity contribution is -0.132. The van der Waals surface area contributed by atoms with Gasteiger partial charge in [0.1, 0.15) is 6.04 Å². The van der Waals surface area contributed by atoms with Gasteiger partial charge >= 0.3 is 0 Å². The number of hydrogen-bond acceptors (Lipinski definition) is 6. The normalized spacial score (nSPS) is 15.8. The first-order valence-corrected chi connectivity index (χ1v) is 16.0. The van der Waals surface area contributed by atoms with Gasteiger partial charge < -0.3 is 31.2 Å². The number of nitrogens with one attached hydrogen (secondary N) is 3. The molecule has 1 heterocycles. The number of unbranched alkanes of at least 4 members (excludes halogenated alkanes) is 2. The van der Waals surface area contributed by atoms with E-state index in [4.69, 9.17) is 15.2 Å². The number of ether oxygens (including phenoxy) is 2. The number of amides is 3. The Morgan fingerprint density at radius 1 is 0.837 bits per heavy atom. The van der Waals surface area contributed by atoms with Gasteiger partial charge in [0.25, 0.3) is 0 Å². The Balaban J connectivity index is 1.27. The van der Waals surface area contributed by atoms with Crippen LogP contribution in [-0.4, -0.2) is 49.2 Å². The van der Waals surface area contributed by atoms with Gasteiger partial charge in [0.15, 0.2) is 11.5 Å². The fraction of sp³-hybridized carbons (Fsp3) is 0.559. The molecule has 1 saturated carbocycles. The zero-order chi connectivity index (χ0) is 30.3. The van der Waals surface area contributed by atoms with Gasteiger partial charge in [0, 0.05) is 24.9 Å². The van der Waals surface area contributed by atoms with Crippen LogP contribution < -0.4 is 31.2 Å². The van der Waals surface area contributed by atoms with Crippen molar-refractivity contribution in [2.45, 2.75) is 101 Å². The quantitative estimate of drug-likeness (QED) is 0.203. The first-order valence-electron chi connectivity index (χ1n) is 16.0. The third-order valence-electron chi connectivity index (χ3n) is 8.43. The van der Waals surface area contributed by atoms with Crippen molar-refractivity contribution < 1.29 is 23.9 Å². The summed E-state index contributed by atoms with van der Waals surface area (Å²) in [5.74, 6) is 1.15. The van der Waals surface area contributed by atoms with Gasteiger partial charge in [-0.2, -0.15) is 0 Å². The van der Waals surface area contributed by atoms with Crippen molar-refractivity contribution in [3.05, 3.63) is 59.7 Å². The first-order chi connectivity index (χ1) is 21.0. The lowest BCUT2D eigenvalue weighted by Gasteiger charge is -2.39. The molecular formula is C34H48N4O5. The molecule has 0 spiro atoms. The smallest absolute Gasteiger partial charge is 0.243 e. The van der Waals surface area contributed by atoms with Crippen LogP contribution >= 0.6 is 0 Å². The van der Waals surface area contributed by atoms with E-state index in [-0.39, 0.29) is 30.9 Å². The molecule has 0 saturated heterocycles. The van der Waals surface area contributed by atoms with E-state index in [1.165, 1.54) is 5.56 Å². The van der Waals surface area contributed by atoms with Crippen molar-refractivity contribution in [2.75, 3.05) is 19.9 Å². The molecule has 4 rings (SSSR count). The molecule has 0 radical (unpaired) electrons. The molecule has 5 N–H and O–H groups in total. The van der Waals surface area contributed by atoms with Crippen LogP contribution in [0, 0.1) is 0 Å². The third kappa shape index (κ3) is 10.6. The second-order valence-electron chi connectivity index (χ2n) is 11.9. The molecule has 2 aromatic rings. The standard InChI is InChI=1S/C34H48N4O5/c35-21-10-7-14-28(37-31(39)15-6-5-13-27-16-17-29-30(23-27)43-25-42-29)33(41)38-34(19-8-2-9-20-34)24-32(40)36-22-18-26-11-3-1-4-12-26/h1,3-4,11-12,16-17,23,28H,2,5-10,13-15,18-22,24-25,35H2,(H,36,40)(H,37,39)(H,38,41)/t28-/m0/s1. The highest BCUT2D eigenvalue weighted by Gasteiger charge is 2.37. The molecule has 3 amide bonds. The Kier molecular flexibility index (Phi) is 12.7. The second kappa shape index (κ2) is 16.9. The minimum absolute atomic E-state index is 0.0516. The SMILES string of the molecule is NCCCC[C@H](NC(=O)CCCCc1ccc2c(c1)OCO2)C(=O)NC1(CC(=O)NCCc2ccccc2)CCCCC1. The fourth-order valence-electron chi connectivity index (χ4n) is 6.02. The molecule has 2 aliphatic rings. The lowest BCUT2D eigenvalue weighted by Crippen LogP contribution is -2.57.